The number of amides is 2. The number of ether oxygens (including phenoxy) is 1. The molecule has 5 rings (SSSR count). The molecular formula is C28H32N2O5. The Balaban J connectivity index is 1.07. The number of rotatable bonds is 7. The van der Waals surface area contributed by atoms with Gasteiger partial charge in [-0.25, -0.2) is 4.79 Å². The Labute approximate surface area is 205 Å². The monoisotopic (exact) mass is 476 g/mol. The molecule has 2 saturated carbocycles. The molecule has 7 heteroatoms. The third-order valence-corrected chi connectivity index (χ3v) is 7.83. The lowest BCUT2D eigenvalue weighted by Gasteiger charge is -2.17. The second-order valence-corrected chi connectivity index (χ2v) is 10.2. The molecular weight excluding hydrogens is 444 g/mol. The molecule has 2 aromatic carbocycles. The number of aliphatic carboxylic acids is 1. The molecule has 0 spiro atoms. The highest BCUT2D eigenvalue weighted by molar-refractivity contribution is 5.79. The van der Waals surface area contributed by atoms with Crippen LogP contribution in [0.5, 0.6) is 0 Å². The summed E-state index contributed by atoms with van der Waals surface area (Å²) >= 11 is 0. The van der Waals surface area contributed by atoms with E-state index in [1.807, 2.05) is 24.3 Å². The molecule has 2 aromatic rings. The van der Waals surface area contributed by atoms with Crippen molar-refractivity contribution >= 4 is 18.0 Å². The van der Waals surface area contributed by atoms with Crippen molar-refractivity contribution in [3.05, 3.63) is 59.7 Å². The van der Waals surface area contributed by atoms with Crippen molar-refractivity contribution in [3.63, 3.8) is 0 Å². The lowest BCUT2D eigenvalue weighted by molar-refractivity contribution is -0.141. The third-order valence-electron chi connectivity index (χ3n) is 7.83. The van der Waals surface area contributed by atoms with E-state index in [2.05, 4.69) is 34.9 Å². The van der Waals surface area contributed by atoms with Crippen molar-refractivity contribution in [2.45, 2.75) is 62.9 Å². The number of benzene rings is 2. The zero-order chi connectivity index (χ0) is 24.4. The van der Waals surface area contributed by atoms with E-state index in [1.165, 1.54) is 22.3 Å². The van der Waals surface area contributed by atoms with E-state index in [0.29, 0.717) is 19.3 Å². The van der Waals surface area contributed by atoms with E-state index in [9.17, 15) is 14.4 Å². The molecule has 4 atom stereocenters. The van der Waals surface area contributed by atoms with Crippen LogP contribution in [0.2, 0.25) is 0 Å². The standard InChI is InChI=1S/C28H32N2O5/c31-26(29-20-12-10-18(15-20)27(32)33)14-17-9-11-19(13-17)30-28(34)35-16-25-23-7-3-1-5-21(23)22-6-2-4-8-24(22)25/h1-8,17-20,25H,9-16H2,(H,29,31)(H,30,34)(H,32,33)/t17-,18-,19+,20+/m1/s1. The number of carbonyl (C=O) groups is 3. The van der Waals surface area contributed by atoms with Crippen molar-refractivity contribution in [3.8, 4) is 11.1 Å². The van der Waals surface area contributed by atoms with Gasteiger partial charge in [-0.2, -0.15) is 0 Å². The molecule has 3 aliphatic rings. The summed E-state index contributed by atoms with van der Waals surface area (Å²) in [5, 5.41) is 15.1. The largest absolute Gasteiger partial charge is 0.481 e. The molecule has 0 saturated heterocycles. The van der Waals surface area contributed by atoms with Crippen LogP contribution in [0.1, 0.15) is 62.0 Å². The minimum absolute atomic E-state index is 0.00585. The second kappa shape index (κ2) is 10.1. The van der Waals surface area contributed by atoms with Gasteiger partial charge in [0, 0.05) is 24.4 Å². The van der Waals surface area contributed by atoms with Crippen LogP contribution in [-0.2, 0) is 14.3 Å². The predicted octanol–water partition coefficient (Wildman–Crippen LogP) is 4.45. The normalized spacial score (nSPS) is 25.0. The maximum atomic E-state index is 12.6. The Morgan fingerprint density at radius 3 is 2.11 bits per heavy atom. The highest BCUT2D eigenvalue weighted by Gasteiger charge is 2.33. The minimum atomic E-state index is -0.778. The van der Waals surface area contributed by atoms with Crippen LogP contribution in [-0.4, -0.2) is 41.8 Å². The Hall–Kier alpha value is -3.35. The van der Waals surface area contributed by atoms with Crippen molar-refractivity contribution in [2.75, 3.05) is 6.61 Å². The summed E-state index contributed by atoms with van der Waals surface area (Å²) in [6.07, 6.45) is 4.31. The van der Waals surface area contributed by atoms with Gasteiger partial charge in [0.15, 0.2) is 0 Å². The van der Waals surface area contributed by atoms with Gasteiger partial charge in [0.1, 0.15) is 6.61 Å². The van der Waals surface area contributed by atoms with E-state index in [1.54, 1.807) is 0 Å². The summed E-state index contributed by atoms with van der Waals surface area (Å²) in [6.45, 7) is 0.289. The van der Waals surface area contributed by atoms with Crippen LogP contribution in [0, 0.1) is 11.8 Å². The van der Waals surface area contributed by atoms with Gasteiger partial charge in [-0.05, 0) is 66.7 Å². The van der Waals surface area contributed by atoms with Gasteiger partial charge in [0.25, 0.3) is 0 Å². The van der Waals surface area contributed by atoms with Crippen LogP contribution < -0.4 is 10.6 Å². The predicted molar refractivity (Wildman–Crippen MR) is 131 cm³/mol. The Morgan fingerprint density at radius 1 is 0.829 bits per heavy atom. The summed E-state index contributed by atoms with van der Waals surface area (Å²) in [7, 11) is 0. The fourth-order valence-electron chi connectivity index (χ4n) is 6.08. The number of hydrogen-bond donors (Lipinski definition) is 3. The lowest BCUT2D eigenvalue weighted by Crippen LogP contribution is -2.35. The van der Waals surface area contributed by atoms with Crippen molar-refractivity contribution in [1.82, 2.24) is 10.6 Å². The van der Waals surface area contributed by atoms with Crippen LogP contribution in [0.25, 0.3) is 11.1 Å². The van der Waals surface area contributed by atoms with Crippen LogP contribution >= 0.6 is 0 Å². The molecule has 35 heavy (non-hydrogen) atoms. The smallest absolute Gasteiger partial charge is 0.407 e. The van der Waals surface area contributed by atoms with Crippen molar-refractivity contribution < 1.29 is 24.2 Å². The molecule has 0 bridgehead atoms. The summed E-state index contributed by atoms with van der Waals surface area (Å²) in [5.41, 5.74) is 4.77. The number of carboxylic acids is 1. The molecule has 2 fully saturated rings. The van der Waals surface area contributed by atoms with Crippen LogP contribution in [0.3, 0.4) is 0 Å². The molecule has 7 nitrogen and oxygen atoms in total. The first-order valence-electron chi connectivity index (χ1n) is 12.6. The Kier molecular flexibility index (Phi) is 6.75. The molecule has 184 valence electrons. The van der Waals surface area contributed by atoms with Crippen LogP contribution in [0.15, 0.2) is 48.5 Å². The second-order valence-electron chi connectivity index (χ2n) is 10.2. The first-order chi connectivity index (χ1) is 17.0. The fraction of sp³-hybridized carbons (Fsp3) is 0.464. The summed E-state index contributed by atoms with van der Waals surface area (Å²) in [6, 6.07) is 16.5. The van der Waals surface area contributed by atoms with Gasteiger partial charge in [0.2, 0.25) is 5.91 Å². The molecule has 0 radical (unpaired) electrons. The molecule has 3 N–H and O–H groups in total. The number of alkyl carbamates (subject to hydrolysis) is 1. The number of nitrogens with one attached hydrogen (secondary N) is 2. The van der Waals surface area contributed by atoms with E-state index in [-0.39, 0.29) is 42.4 Å². The zero-order valence-electron chi connectivity index (χ0n) is 19.7. The number of carboxylic acid groups (broad SMARTS) is 1. The molecule has 0 aliphatic heterocycles. The number of fused-ring (bicyclic) bond motifs is 3. The van der Waals surface area contributed by atoms with Gasteiger partial charge in [-0.15, -0.1) is 0 Å². The Morgan fingerprint density at radius 2 is 1.46 bits per heavy atom. The minimum Gasteiger partial charge on any atom is -0.481 e. The molecule has 2 amide bonds. The molecule has 3 aliphatic carbocycles. The van der Waals surface area contributed by atoms with Gasteiger partial charge in [-0.3, -0.25) is 9.59 Å². The maximum absolute atomic E-state index is 12.6. The van der Waals surface area contributed by atoms with Crippen molar-refractivity contribution in [2.24, 2.45) is 11.8 Å². The van der Waals surface area contributed by atoms with Gasteiger partial charge >= 0.3 is 12.1 Å². The summed E-state index contributed by atoms with van der Waals surface area (Å²) in [4.78, 5) is 36.1. The number of hydrogen-bond acceptors (Lipinski definition) is 4. The first-order valence-corrected chi connectivity index (χ1v) is 12.6. The van der Waals surface area contributed by atoms with Crippen LogP contribution in [0.4, 0.5) is 4.79 Å². The zero-order valence-corrected chi connectivity index (χ0v) is 19.7. The molecule has 0 unspecified atom stereocenters. The lowest BCUT2D eigenvalue weighted by atomic mass is 9.98. The topological polar surface area (TPSA) is 105 Å². The maximum Gasteiger partial charge on any atom is 0.407 e. The van der Waals surface area contributed by atoms with E-state index in [4.69, 9.17) is 9.84 Å². The van der Waals surface area contributed by atoms with Crippen molar-refractivity contribution in [1.29, 1.82) is 0 Å². The first kappa shape index (κ1) is 23.4. The number of carbonyl (C=O) groups excluding carboxylic acids is 2. The highest BCUT2D eigenvalue weighted by Crippen LogP contribution is 2.44. The van der Waals surface area contributed by atoms with E-state index >= 15 is 0 Å². The van der Waals surface area contributed by atoms with Gasteiger partial charge in [0.05, 0.1) is 5.92 Å². The Bertz CT molecular complexity index is 1070. The molecule has 0 aromatic heterocycles. The average molecular weight is 477 g/mol. The fourth-order valence-corrected chi connectivity index (χ4v) is 6.08. The van der Waals surface area contributed by atoms with E-state index < -0.39 is 12.1 Å². The van der Waals surface area contributed by atoms with Gasteiger partial charge in [-0.1, -0.05) is 48.5 Å². The van der Waals surface area contributed by atoms with Gasteiger partial charge < -0.3 is 20.5 Å². The van der Waals surface area contributed by atoms with E-state index in [0.717, 1.165) is 25.7 Å². The molecule has 0 heterocycles. The average Bonchev–Trinajstić information content (AvgIpc) is 3.56. The SMILES string of the molecule is O=C(C[C@@H]1CC[C@H](NC(=O)OCC2c3ccccc3-c3ccccc32)C1)N[C@H]1CC[C@@H](C(=O)O)C1. The summed E-state index contributed by atoms with van der Waals surface area (Å²) < 4.78 is 5.66. The highest BCUT2D eigenvalue weighted by atomic mass is 16.5. The third kappa shape index (κ3) is 5.19. The quantitative estimate of drug-likeness (QED) is 0.548. The summed E-state index contributed by atoms with van der Waals surface area (Å²) in [5.74, 6) is -0.903.